The molecule has 49 heavy (non-hydrogen) atoms. The van der Waals surface area contributed by atoms with E-state index in [4.69, 9.17) is 33.2 Å². The number of hydrogen-bond donors (Lipinski definition) is 3. The summed E-state index contributed by atoms with van der Waals surface area (Å²) >= 11 is 14.1. The highest BCUT2D eigenvalue weighted by Gasteiger charge is 2.21. The van der Waals surface area contributed by atoms with Crippen molar-refractivity contribution in [2.24, 2.45) is 0 Å². The first-order chi connectivity index (χ1) is 24.0. The van der Waals surface area contributed by atoms with Crippen molar-refractivity contribution in [3.05, 3.63) is 107 Å². The Morgan fingerprint density at radius 2 is 1.20 bits per heavy atom. The van der Waals surface area contributed by atoms with Gasteiger partial charge in [-0.25, -0.2) is 9.97 Å². The summed E-state index contributed by atoms with van der Waals surface area (Å²) in [6.45, 7) is 5.52. The number of rotatable bonds is 9. The Hall–Kier alpha value is -4.38. The van der Waals surface area contributed by atoms with Crippen LogP contribution in [0.3, 0.4) is 0 Å². The van der Waals surface area contributed by atoms with Crippen LogP contribution in [0.1, 0.15) is 30.4 Å². The van der Waals surface area contributed by atoms with Crippen LogP contribution < -0.4 is 10.6 Å². The molecule has 2 fully saturated rings. The maximum Gasteiger partial charge on any atom is 0.156 e. The highest BCUT2D eigenvalue weighted by atomic mass is 35.5. The fourth-order valence-corrected chi connectivity index (χ4v) is 7.46. The molecular weight excluding hydrogens is 655 g/mol. The van der Waals surface area contributed by atoms with Crippen molar-refractivity contribution in [3.8, 4) is 11.1 Å². The first kappa shape index (κ1) is 31.9. The highest BCUT2D eigenvalue weighted by Crippen LogP contribution is 2.42. The number of nitrogens with one attached hydrogen (secondary N) is 2. The zero-order valence-electron chi connectivity index (χ0n) is 26.9. The van der Waals surface area contributed by atoms with Crippen molar-refractivity contribution < 1.29 is 5.11 Å². The van der Waals surface area contributed by atoms with Crippen LogP contribution in [-0.2, 0) is 13.1 Å². The zero-order chi connectivity index (χ0) is 33.3. The molecule has 2 aliphatic heterocycles. The number of likely N-dealkylation sites (tertiary alicyclic amines) is 2. The summed E-state index contributed by atoms with van der Waals surface area (Å²) < 4.78 is 0. The number of aliphatic hydroxyl groups is 1. The van der Waals surface area contributed by atoms with Gasteiger partial charge in [0.25, 0.3) is 0 Å². The maximum atomic E-state index is 9.90. The average Bonchev–Trinajstić information content (AvgIpc) is 3.78. The SMILES string of the molecule is O[C@@H]1CCN(Cc2cnc3c(Nc4cccc(-c5cccc(Nc6nccc7cc(CN8CCCC8)cnc67)c5Cl)c4Cl)nccc3c2)C1. The number of benzene rings is 2. The third-order valence-electron chi connectivity index (χ3n) is 9.36. The van der Waals surface area contributed by atoms with E-state index in [0.717, 1.165) is 77.6 Å². The fraction of sp³-hybridized carbons (Fsp3) is 0.263. The number of anilines is 4. The van der Waals surface area contributed by atoms with Gasteiger partial charge in [0, 0.05) is 72.9 Å². The third kappa shape index (κ3) is 6.77. The van der Waals surface area contributed by atoms with Crippen LogP contribution in [0, 0.1) is 0 Å². The number of fused-ring (bicyclic) bond motifs is 2. The second kappa shape index (κ2) is 13.9. The smallest absolute Gasteiger partial charge is 0.156 e. The zero-order valence-corrected chi connectivity index (χ0v) is 28.4. The quantitative estimate of drug-likeness (QED) is 0.139. The minimum Gasteiger partial charge on any atom is -0.392 e. The normalized spacial score (nSPS) is 16.9. The number of nitrogens with zero attached hydrogens (tertiary/aromatic N) is 6. The van der Waals surface area contributed by atoms with Gasteiger partial charge in [0.1, 0.15) is 11.0 Å². The van der Waals surface area contributed by atoms with Crippen molar-refractivity contribution in [3.63, 3.8) is 0 Å². The molecule has 0 aliphatic carbocycles. The van der Waals surface area contributed by atoms with Crippen LogP contribution in [0.25, 0.3) is 32.9 Å². The molecule has 2 aliphatic rings. The summed E-state index contributed by atoms with van der Waals surface area (Å²) in [6, 6.07) is 19.9. The van der Waals surface area contributed by atoms with Crippen molar-refractivity contribution in [2.75, 3.05) is 36.8 Å². The second-order valence-corrected chi connectivity index (χ2v) is 13.7. The molecule has 0 saturated carbocycles. The lowest BCUT2D eigenvalue weighted by Crippen LogP contribution is -2.21. The predicted molar refractivity (Wildman–Crippen MR) is 198 cm³/mol. The predicted octanol–water partition coefficient (Wildman–Crippen LogP) is 8.20. The van der Waals surface area contributed by atoms with E-state index in [9.17, 15) is 5.11 Å². The van der Waals surface area contributed by atoms with Crippen LogP contribution >= 0.6 is 23.2 Å². The van der Waals surface area contributed by atoms with Gasteiger partial charge in [0.2, 0.25) is 0 Å². The topological polar surface area (TPSA) is 102 Å². The minimum atomic E-state index is -0.251. The number of β-amino-alcohol motifs (C(OH)–C–C–N with tert-alkyl or cyclic N) is 1. The Labute approximate surface area is 295 Å². The Morgan fingerprint density at radius 3 is 1.71 bits per heavy atom. The lowest BCUT2D eigenvalue weighted by molar-refractivity contribution is 0.175. The molecule has 248 valence electrons. The van der Waals surface area contributed by atoms with Gasteiger partial charge in [-0.15, -0.1) is 0 Å². The van der Waals surface area contributed by atoms with E-state index in [1.807, 2.05) is 60.9 Å². The van der Waals surface area contributed by atoms with Crippen LogP contribution in [0.4, 0.5) is 23.0 Å². The summed E-state index contributed by atoms with van der Waals surface area (Å²) in [6.07, 6.45) is 10.5. The van der Waals surface area contributed by atoms with E-state index in [-0.39, 0.29) is 6.10 Å². The second-order valence-electron chi connectivity index (χ2n) is 12.9. The van der Waals surface area contributed by atoms with E-state index in [1.165, 1.54) is 18.4 Å². The van der Waals surface area contributed by atoms with Crippen LogP contribution in [0.5, 0.6) is 0 Å². The van der Waals surface area contributed by atoms with Crippen molar-refractivity contribution >= 4 is 68.0 Å². The molecule has 0 spiro atoms. The summed E-state index contributed by atoms with van der Waals surface area (Å²) in [5, 5.41) is 19.8. The van der Waals surface area contributed by atoms with Crippen LogP contribution in [0.2, 0.25) is 10.0 Å². The molecule has 6 heterocycles. The Kier molecular flexibility index (Phi) is 9.01. The molecule has 4 aromatic heterocycles. The Balaban J connectivity index is 1.04. The molecule has 2 aromatic carbocycles. The standard InChI is InChI=1S/C38H36Cl2N8O/c39-33-29(5-3-7-31(33)45-37-35-26(9-12-41-37)17-24(19-43-35)21-47-14-1-2-15-47)30-6-4-8-32(34(30)40)46-38-36-27(10-13-42-38)18-25(20-44-36)22-48-16-11-28(49)23-48/h3-10,12-13,17-20,28,49H,1-2,11,14-16,21-23H2,(H,41,45)(H,42,46)/t28-/m1/s1. The molecule has 11 heteroatoms. The molecule has 3 N–H and O–H groups in total. The van der Waals surface area contributed by atoms with E-state index >= 15 is 0 Å². The molecule has 6 aromatic rings. The van der Waals surface area contributed by atoms with E-state index < -0.39 is 0 Å². The first-order valence-corrected chi connectivity index (χ1v) is 17.5. The minimum absolute atomic E-state index is 0.251. The van der Waals surface area contributed by atoms with Crippen molar-refractivity contribution in [1.82, 2.24) is 29.7 Å². The molecule has 0 amide bonds. The summed E-state index contributed by atoms with van der Waals surface area (Å²) in [5.74, 6) is 1.25. The van der Waals surface area contributed by atoms with Gasteiger partial charge in [-0.3, -0.25) is 19.8 Å². The van der Waals surface area contributed by atoms with Gasteiger partial charge in [0.15, 0.2) is 11.6 Å². The number of halogens is 2. The molecule has 1 atom stereocenters. The van der Waals surface area contributed by atoms with E-state index in [1.54, 1.807) is 12.4 Å². The van der Waals surface area contributed by atoms with Crippen molar-refractivity contribution in [1.29, 1.82) is 0 Å². The highest BCUT2D eigenvalue weighted by molar-refractivity contribution is 6.39. The number of aliphatic hydroxyl groups excluding tert-OH is 1. The molecule has 8 rings (SSSR count). The van der Waals surface area contributed by atoms with Crippen molar-refractivity contribution in [2.45, 2.75) is 38.5 Å². The average molecular weight is 692 g/mol. The molecular formula is C38H36Cl2N8O. The van der Waals surface area contributed by atoms with Crippen LogP contribution in [-0.4, -0.2) is 67.1 Å². The lowest BCUT2D eigenvalue weighted by atomic mass is 10.0. The molecule has 9 nitrogen and oxygen atoms in total. The van der Waals surface area contributed by atoms with E-state index in [0.29, 0.717) is 39.6 Å². The van der Waals surface area contributed by atoms with Gasteiger partial charge in [-0.1, -0.05) is 47.5 Å². The van der Waals surface area contributed by atoms with E-state index in [2.05, 4.69) is 42.5 Å². The summed E-state index contributed by atoms with van der Waals surface area (Å²) in [7, 11) is 0. The molecule has 2 saturated heterocycles. The van der Waals surface area contributed by atoms with Gasteiger partial charge in [-0.2, -0.15) is 0 Å². The first-order valence-electron chi connectivity index (χ1n) is 16.7. The summed E-state index contributed by atoms with van der Waals surface area (Å²) in [5.41, 5.74) is 6.79. The Morgan fingerprint density at radius 1 is 0.673 bits per heavy atom. The fourth-order valence-electron chi connectivity index (χ4n) is 6.91. The molecule has 0 unspecified atom stereocenters. The Bertz CT molecular complexity index is 2160. The van der Waals surface area contributed by atoms with Gasteiger partial charge in [0.05, 0.1) is 27.5 Å². The third-order valence-corrected chi connectivity index (χ3v) is 10.2. The largest absolute Gasteiger partial charge is 0.392 e. The van der Waals surface area contributed by atoms with Gasteiger partial charge >= 0.3 is 0 Å². The molecule has 0 radical (unpaired) electrons. The molecule has 0 bridgehead atoms. The summed E-state index contributed by atoms with van der Waals surface area (Å²) in [4.78, 5) is 23.5. The lowest BCUT2D eigenvalue weighted by Gasteiger charge is -2.17. The van der Waals surface area contributed by atoms with Gasteiger partial charge < -0.3 is 15.7 Å². The van der Waals surface area contributed by atoms with Crippen LogP contribution in [0.15, 0.2) is 85.5 Å². The van der Waals surface area contributed by atoms with Gasteiger partial charge in [-0.05, 0) is 79.9 Å². The number of aromatic nitrogens is 4. The number of pyridine rings is 4. The monoisotopic (exact) mass is 690 g/mol. The number of hydrogen-bond acceptors (Lipinski definition) is 9. The maximum absolute atomic E-state index is 9.90.